The van der Waals surface area contributed by atoms with Crippen LogP contribution in [0.3, 0.4) is 0 Å². The number of nitrogens with one attached hydrogen (secondary N) is 2. The summed E-state index contributed by atoms with van der Waals surface area (Å²) in [6, 6.07) is -0.302. The zero-order valence-electron chi connectivity index (χ0n) is 15.1. The number of carbonyl (C=O) groups is 3. The fourth-order valence-corrected chi connectivity index (χ4v) is 4.64. The van der Waals surface area contributed by atoms with Gasteiger partial charge < -0.3 is 15.4 Å². The third kappa shape index (κ3) is 2.91. The molecule has 3 aliphatic rings. The Balaban J connectivity index is 1.69. The van der Waals surface area contributed by atoms with Crippen LogP contribution in [0, 0.1) is 0 Å². The topological polar surface area (TPSA) is 91.0 Å². The van der Waals surface area contributed by atoms with Gasteiger partial charge in [-0.15, -0.1) is 0 Å². The fraction of sp³-hybridized carbons (Fsp3) is 0.824. The van der Waals surface area contributed by atoms with E-state index < -0.39 is 11.1 Å². The molecule has 140 valence electrons. The van der Waals surface area contributed by atoms with E-state index in [1.54, 1.807) is 14.2 Å². The SMILES string of the molecule is CNC(=O)C1(COC)CCCN1CCN1C(=O)NC2(CCCC2)C1=O. The van der Waals surface area contributed by atoms with Crippen LogP contribution in [0.5, 0.6) is 0 Å². The third-order valence-electron chi connectivity index (χ3n) is 5.95. The van der Waals surface area contributed by atoms with Gasteiger partial charge in [-0.1, -0.05) is 12.8 Å². The number of nitrogens with zero attached hydrogens (tertiary/aromatic N) is 2. The Kier molecular flexibility index (Phi) is 5.02. The average Bonchev–Trinajstić information content (AvgIpc) is 3.28. The Bertz CT molecular complexity index is 561. The number of likely N-dealkylation sites (N-methyl/N-ethyl adjacent to an activating group) is 1. The van der Waals surface area contributed by atoms with E-state index in [-0.39, 0.29) is 17.8 Å². The van der Waals surface area contributed by atoms with Crippen LogP contribution in [-0.4, -0.2) is 79.1 Å². The van der Waals surface area contributed by atoms with Crippen LogP contribution in [-0.2, 0) is 14.3 Å². The highest BCUT2D eigenvalue weighted by Gasteiger charge is 2.53. The summed E-state index contributed by atoms with van der Waals surface area (Å²) in [7, 11) is 3.21. The zero-order chi connectivity index (χ0) is 18.1. The quantitative estimate of drug-likeness (QED) is 0.661. The van der Waals surface area contributed by atoms with Gasteiger partial charge in [0.25, 0.3) is 5.91 Å². The summed E-state index contributed by atoms with van der Waals surface area (Å²) in [5, 5.41) is 5.63. The Hall–Kier alpha value is -1.67. The van der Waals surface area contributed by atoms with Crippen molar-refractivity contribution < 1.29 is 19.1 Å². The van der Waals surface area contributed by atoms with Gasteiger partial charge in [-0.25, -0.2) is 4.79 Å². The first-order chi connectivity index (χ1) is 12.0. The van der Waals surface area contributed by atoms with Crippen LogP contribution in [0.2, 0.25) is 0 Å². The molecule has 0 aromatic rings. The molecule has 1 unspecified atom stereocenters. The van der Waals surface area contributed by atoms with Crippen LogP contribution in [0.25, 0.3) is 0 Å². The van der Waals surface area contributed by atoms with Crippen molar-refractivity contribution >= 4 is 17.8 Å². The number of urea groups is 1. The van der Waals surface area contributed by atoms with Gasteiger partial charge in [-0.3, -0.25) is 19.4 Å². The van der Waals surface area contributed by atoms with E-state index in [0.717, 1.165) is 38.6 Å². The number of hydrogen-bond donors (Lipinski definition) is 2. The summed E-state index contributed by atoms with van der Waals surface area (Å²) in [6.45, 7) is 1.84. The van der Waals surface area contributed by atoms with Gasteiger partial charge >= 0.3 is 6.03 Å². The van der Waals surface area contributed by atoms with Crippen molar-refractivity contribution in [3.05, 3.63) is 0 Å². The van der Waals surface area contributed by atoms with Crippen LogP contribution in [0.1, 0.15) is 38.5 Å². The second-order valence-corrected chi connectivity index (χ2v) is 7.31. The first-order valence-corrected chi connectivity index (χ1v) is 9.09. The van der Waals surface area contributed by atoms with E-state index in [1.807, 2.05) is 0 Å². The van der Waals surface area contributed by atoms with Gasteiger partial charge in [0, 0.05) is 27.2 Å². The van der Waals surface area contributed by atoms with Crippen molar-refractivity contribution in [3.63, 3.8) is 0 Å². The van der Waals surface area contributed by atoms with Crippen molar-refractivity contribution in [2.24, 2.45) is 0 Å². The highest BCUT2D eigenvalue weighted by molar-refractivity contribution is 6.07. The molecule has 1 atom stereocenters. The van der Waals surface area contributed by atoms with Crippen LogP contribution in [0.4, 0.5) is 4.79 Å². The van der Waals surface area contributed by atoms with Crippen molar-refractivity contribution in [1.29, 1.82) is 0 Å². The number of carbonyl (C=O) groups excluding carboxylic acids is 3. The van der Waals surface area contributed by atoms with E-state index in [2.05, 4.69) is 15.5 Å². The number of methoxy groups -OCH3 is 1. The Morgan fingerprint density at radius 3 is 2.56 bits per heavy atom. The molecule has 0 radical (unpaired) electrons. The van der Waals surface area contributed by atoms with E-state index in [0.29, 0.717) is 26.1 Å². The molecule has 8 heteroatoms. The van der Waals surface area contributed by atoms with Crippen LogP contribution >= 0.6 is 0 Å². The summed E-state index contributed by atoms with van der Waals surface area (Å²) in [6.07, 6.45) is 5.00. The first-order valence-electron chi connectivity index (χ1n) is 9.09. The van der Waals surface area contributed by atoms with Crippen molar-refractivity contribution in [2.45, 2.75) is 49.6 Å². The summed E-state index contributed by atoms with van der Waals surface area (Å²) in [4.78, 5) is 40.9. The minimum atomic E-state index is -0.714. The summed E-state index contributed by atoms with van der Waals surface area (Å²) in [5.74, 6) is -0.178. The summed E-state index contributed by atoms with van der Waals surface area (Å²) >= 11 is 0. The second kappa shape index (κ2) is 6.92. The van der Waals surface area contributed by atoms with E-state index >= 15 is 0 Å². The third-order valence-corrected chi connectivity index (χ3v) is 5.95. The van der Waals surface area contributed by atoms with Crippen molar-refractivity contribution in [2.75, 3.05) is 40.4 Å². The Morgan fingerprint density at radius 1 is 1.20 bits per heavy atom. The van der Waals surface area contributed by atoms with Crippen molar-refractivity contribution in [3.8, 4) is 0 Å². The molecular formula is C17H28N4O4. The van der Waals surface area contributed by atoms with Crippen LogP contribution in [0.15, 0.2) is 0 Å². The normalized spacial score (nSPS) is 28.8. The molecule has 25 heavy (non-hydrogen) atoms. The van der Waals surface area contributed by atoms with Gasteiger partial charge in [0.2, 0.25) is 5.91 Å². The predicted molar refractivity (Wildman–Crippen MR) is 90.9 cm³/mol. The molecule has 3 fully saturated rings. The minimum Gasteiger partial charge on any atom is -0.382 e. The maximum atomic E-state index is 12.7. The lowest BCUT2D eigenvalue weighted by molar-refractivity contribution is -0.135. The molecule has 1 spiro atoms. The molecule has 2 N–H and O–H groups in total. The molecule has 8 nitrogen and oxygen atoms in total. The Labute approximate surface area is 148 Å². The largest absolute Gasteiger partial charge is 0.382 e. The molecular weight excluding hydrogens is 324 g/mol. The monoisotopic (exact) mass is 352 g/mol. The number of ether oxygens (including phenoxy) is 1. The maximum absolute atomic E-state index is 12.7. The molecule has 1 aliphatic carbocycles. The number of hydrogen-bond acceptors (Lipinski definition) is 5. The number of amides is 4. The van der Waals surface area contributed by atoms with E-state index in [9.17, 15) is 14.4 Å². The van der Waals surface area contributed by atoms with Gasteiger partial charge in [-0.2, -0.15) is 0 Å². The molecule has 0 bridgehead atoms. The van der Waals surface area contributed by atoms with Crippen molar-refractivity contribution in [1.82, 2.24) is 20.4 Å². The molecule has 0 aromatic carbocycles. The lowest BCUT2D eigenvalue weighted by atomic mass is 9.95. The maximum Gasteiger partial charge on any atom is 0.325 e. The highest BCUT2D eigenvalue weighted by atomic mass is 16.5. The molecule has 4 amide bonds. The fourth-order valence-electron chi connectivity index (χ4n) is 4.64. The number of rotatable bonds is 6. The number of likely N-dealkylation sites (tertiary alicyclic amines) is 1. The molecule has 2 heterocycles. The van der Waals surface area contributed by atoms with Gasteiger partial charge in [0.1, 0.15) is 11.1 Å². The highest BCUT2D eigenvalue weighted by Crippen LogP contribution is 2.35. The predicted octanol–water partition coefficient (Wildman–Crippen LogP) is 0.0780. The van der Waals surface area contributed by atoms with Gasteiger partial charge in [-0.05, 0) is 32.2 Å². The minimum absolute atomic E-state index is 0.0729. The zero-order valence-corrected chi connectivity index (χ0v) is 15.1. The lowest BCUT2D eigenvalue weighted by Gasteiger charge is -2.36. The van der Waals surface area contributed by atoms with Crippen LogP contribution < -0.4 is 10.6 Å². The van der Waals surface area contributed by atoms with Gasteiger partial charge in [0.15, 0.2) is 0 Å². The molecule has 2 aliphatic heterocycles. The molecule has 0 aromatic heterocycles. The first kappa shape index (κ1) is 18.1. The summed E-state index contributed by atoms with van der Waals surface area (Å²) < 4.78 is 5.31. The van der Waals surface area contributed by atoms with E-state index in [1.165, 1.54) is 4.90 Å². The molecule has 2 saturated heterocycles. The Morgan fingerprint density at radius 2 is 1.92 bits per heavy atom. The molecule has 3 rings (SSSR count). The smallest absolute Gasteiger partial charge is 0.325 e. The van der Waals surface area contributed by atoms with E-state index in [4.69, 9.17) is 4.74 Å². The average molecular weight is 352 g/mol. The lowest BCUT2D eigenvalue weighted by Crippen LogP contribution is -2.59. The number of imide groups is 1. The van der Waals surface area contributed by atoms with Gasteiger partial charge in [0.05, 0.1) is 6.61 Å². The summed E-state index contributed by atoms with van der Waals surface area (Å²) in [5.41, 5.74) is -1.39. The second-order valence-electron chi connectivity index (χ2n) is 7.31. The molecule has 1 saturated carbocycles. The standard InChI is InChI=1S/C17H28N4O4/c1-18-13(22)17(12-25-2)8-5-9-20(17)10-11-21-14(23)16(19-15(21)24)6-3-4-7-16/h3-12H2,1-2H3,(H,18,22)(H,19,24).